The molecule has 0 bridgehead atoms. The number of likely N-dealkylation sites (N-methyl/N-ethyl adjacent to an activating group) is 2. The summed E-state index contributed by atoms with van der Waals surface area (Å²) in [5, 5.41) is 8.81. The number of amides is 1. The zero-order valence-corrected chi connectivity index (χ0v) is 12.7. The molecule has 0 aliphatic carbocycles. The average Bonchev–Trinajstić information content (AvgIpc) is 2.90. The van der Waals surface area contributed by atoms with Crippen LogP contribution in [0.25, 0.3) is 0 Å². The highest BCUT2D eigenvalue weighted by Gasteiger charge is 2.24. The van der Waals surface area contributed by atoms with Crippen LogP contribution in [0, 0.1) is 11.8 Å². The molecule has 4 heteroatoms. The minimum atomic E-state index is -0.203. The van der Waals surface area contributed by atoms with Crippen LogP contribution in [0.15, 0.2) is 24.3 Å². The van der Waals surface area contributed by atoms with E-state index in [0.29, 0.717) is 17.2 Å². The van der Waals surface area contributed by atoms with E-state index < -0.39 is 0 Å². The van der Waals surface area contributed by atoms with Crippen LogP contribution in [0.5, 0.6) is 0 Å². The number of aliphatic hydroxyl groups is 1. The molecule has 0 spiro atoms. The minimum absolute atomic E-state index is 0.0156. The van der Waals surface area contributed by atoms with Crippen molar-refractivity contribution in [2.45, 2.75) is 18.9 Å². The number of likely N-dealkylation sites (tertiary alicyclic amines) is 1. The summed E-state index contributed by atoms with van der Waals surface area (Å²) in [7, 11) is 3.95. The van der Waals surface area contributed by atoms with E-state index in [2.05, 4.69) is 23.8 Å². The van der Waals surface area contributed by atoms with E-state index in [1.54, 1.807) is 11.0 Å². The fourth-order valence-electron chi connectivity index (χ4n) is 2.73. The van der Waals surface area contributed by atoms with E-state index in [9.17, 15) is 4.79 Å². The van der Waals surface area contributed by atoms with E-state index in [1.807, 2.05) is 25.2 Å². The molecule has 1 atom stereocenters. The first-order chi connectivity index (χ1) is 10.1. The topological polar surface area (TPSA) is 43.8 Å². The van der Waals surface area contributed by atoms with Crippen molar-refractivity contribution in [1.29, 1.82) is 0 Å². The minimum Gasteiger partial charge on any atom is -0.384 e. The Morgan fingerprint density at radius 2 is 2.24 bits per heavy atom. The first kappa shape index (κ1) is 15.6. The SMILES string of the molecule is CN(CC1CCCN1C)C(=O)c1ccccc1C#CCO. The highest BCUT2D eigenvalue weighted by molar-refractivity contribution is 5.96. The Morgan fingerprint density at radius 3 is 2.90 bits per heavy atom. The summed E-state index contributed by atoms with van der Waals surface area (Å²) in [5.74, 6) is 5.43. The Labute approximate surface area is 126 Å². The third-order valence-corrected chi connectivity index (χ3v) is 3.96. The van der Waals surface area contributed by atoms with Crippen molar-refractivity contribution in [3.8, 4) is 11.8 Å². The van der Waals surface area contributed by atoms with Gasteiger partial charge in [0.2, 0.25) is 0 Å². The van der Waals surface area contributed by atoms with Gasteiger partial charge in [0, 0.05) is 25.2 Å². The molecule has 1 fully saturated rings. The fraction of sp³-hybridized carbons (Fsp3) is 0.471. The summed E-state index contributed by atoms with van der Waals surface area (Å²) in [5.41, 5.74) is 1.27. The van der Waals surface area contributed by atoms with E-state index in [-0.39, 0.29) is 12.5 Å². The predicted octanol–water partition coefficient (Wildman–Crippen LogP) is 1.20. The first-order valence-corrected chi connectivity index (χ1v) is 7.28. The van der Waals surface area contributed by atoms with Crippen molar-refractivity contribution < 1.29 is 9.90 Å². The van der Waals surface area contributed by atoms with Gasteiger partial charge < -0.3 is 14.9 Å². The zero-order valence-electron chi connectivity index (χ0n) is 12.7. The lowest BCUT2D eigenvalue weighted by atomic mass is 10.1. The molecule has 112 valence electrons. The molecule has 1 N–H and O–H groups in total. The Balaban J connectivity index is 2.12. The quantitative estimate of drug-likeness (QED) is 0.849. The largest absolute Gasteiger partial charge is 0.384 e. The lowest BCUT2D eigenvalue weighted by Gasteiger charge is -2.26. The van der Waals surface area contributed by atoms with Gasteiger partial charge in [-0.2, -0.15) is 0 Å². The molecule has 0 saturated carbocycles. The zero-order chi connectivity index (χ0) is 15.2. The molecule has 1 saturated heterocycles. The van der Waals surface area contributed by atoms with Crippen molar-refractivity contribution in [1.82, 2.24) is 9.80 Å². The van der Waals surface area contributed by atoms with E-state index >= 15 is 0 Å². The number of hydrogen-bond donors (Lipinski definition) is 1. The maximum Gasteiger partial charge on any atom is 0.254 e. The Kier molecular flexibility index (Phi) is 5.38. The van der Waals surface area contributed by atoms with E-state index in [0.717, 1.165) is 19.5 Å². The van der Waals surface area contributed by atoms with Gasteiger partial charge in [-0.25, -0.2) is 0 Å². The van der Waals surface area contributed by atoms with Gasteiger partial charge in [0.25, 0.3) is 5.91 Å². The molecular weight excluding hydrogens is 264 g/mol. The van der Waals surface area contributed by atoms with Crippen LogP contribution in [-0.2, 0) is 0 Å². The molecule has 1 aliphatic rings. The first-order valence-electron chi connectivity index (χ1n) is 7.28. The van der Waals surface area contributed by atoms with Gasteiger partial charge in [0.05, 0.1) is 5.56 Å². The van der Waals surface area contributed by atoms with Gasteiger partial charge in [-0.05, 0) is 38.6 Å². The van der Waals surface area contributed by atoms with Crippen LogP contribution >= 0.6 is 0 Å². The highest BCUT2D eigenvalue weighted by atomic mass is 16.2. The summed E-state index contributed by atoms with van der Waals surface area (Å²) in [6, 6.07) is 7.73. The second kappa shape index (κ2) is 7.26. The molecule has 1 heterocycles. The second-order valence-corrected chi connectivity index (χ2v) is 5.47. The van der Waals surface area contributed by atoms with Gasteiger partial charge in [0.15, 0.2) is 0 Å². The highest BCUT2D eigenvalue weighted by Crippen LogP contribution is 2.17. The number of rotatable bonds is 3. The van der Waals surface area contributed by atoms with E-state index in [1.165, 1.54) is 6.42 Å². The summed E-state index contributed by atoms with van der Waals surface area (Å²) in [6.07, 6.45) is 2.34. The van der Waals surface area contributed by atoms with Crippen LogP contribution in [0.4, 0.5) is 0 Å². The van der Waals surface area contributed by atoms with Crippen LogP contribution in [-0.4, -0.2) is 60.6 Å². The molecule has 0 radical (unpaired) electrons. The molecule has 4 nitrogen and oxygen atoms in total. The lowest BCUT2D eigenvalue weighted by molar-refractivity contribution is 0.0761. The van der Waals surface area contributed by atoms with Crippen LogP contribution < -0.4 is 0 Å². The standard InChI is InChI=1S/C17H22N2O2/c1-18-11-5-9-15(18)13-19(2)17(21)16-10-4-3-7-14(16)8-6-12-20/h3-4,7,10,15,20H,5,9,11-13H2,1-2H3. The molecular formula is C17H22N2O2. The molecule has 1 amide bonds. The van der Waals surface area contributed by atoms with Crippen molar-refractivity contribution in [3.63, 3.8) is 0 Å². The smallest absolute Gasteiger partial charge is 0.254 e. The molecule has 1 aromatic carbocycles. The number of hydrogen-bond acceptors (Lipinski definition) is 3. The summed E-state index contributed by atoms with van der Waals surface area (Å²) < 4.78 is 0. The number of benzene rings is 1. The van der Waals surface area contributed by atoms with Gasteiger partial charge >= 0.3 is 0 Å². The Bertz CT molecular complexity index is 559. The molecule has 1 unspecified atom stereocenters. The van der Waals surface area contributed by atoms with Crippen molar-refractivity contribution in [2.75, 3.05) is 33.8 Å². The third-order valence-electron chi connectivity index (χ3n) is 3.96. The molecule has 1 aliphatic heterocycles. The molecule has 2 rings (SSSR count). The normalized spacial score (nSPS) is 18.1. The van der Waals surface area contributed by atoms with Crippen molar-refractivity contribution in [2.24, 2.45) is 0 Å². The van der Waals surface area contributed by atoms with Crippen LogP contribution in [0.1, 0.15) is 28.8 Å². The van der Waals surface area contributed by atoms with E-state index in [4.69, 9.17) is 5.11 Å². The third kappa shape index (κ3) is 3.84. The van der Waals surface area contributed by atoms with Gasteiger partial charge in [-0.3, -0.25) is 4.79 Å². The number of aliphatic hydroxyl groups excluding tert-OH is 1. The number of carbonyl (C=O) groups excluding carboxylic acids is 1. The summed E-state index contributed by atoms with van der Waals surface area (Å²) in [6.45, 7) is 1.63. The lowest BCUT2D eigenvalue weighted by Crippen LogP contribution is -2.39. The average molecular weight is 286 g/mol. The molecule has 0 aromatic heterocycles. The van der Waals surface area contributed by atoms with Crippen LogP contribution in [0.3, 0.4) is 0 Å². The maximum absolute atomic E-state index is 12.6. The van der Waals surface area contributed by atoms with Gasteiger partial charge in [0.1, 0.15) is 6.61 Å². The second-order valence-electron chi connectivity index (χ2n) is 5.47. The monoisotopic (exact) mass is 286 g/mol. The molecule has 1 aromatic rings. The number of nitrogens with zero attached hydrogens (tertiary/aromatic N) is 2. The summed E-state index contributed by atoms with van der Waals surface area (Å²) in [4.78, 5) is 16.7. The Morgan fingerprint density at radius 1 is 1.48 bits per heavy atom. The van der Waals surface area contributed by atoms with Crippen LogP contribution in [0.2, 0.25) is 0 Å². The van der Waals surface area contributed by atoms with Crippen molar-refractivity contribution in [3.05, 3.63) is 35.4 Å². The summed E-state index contributed by atoms with van der Waals surface area (Å²) >= 11 is 0. The van der Waals surface area contributed by atoms with Crippen molar-refractivity contribution >= 4 is 5.91 Å². The Hall–Kier alpha value is -1.83. The molecule has 21 heavy (non-hydrogen) atoms. The van der Waals surface area contributed by atoms with Gasteiger partial charge in [-0.15, -0.1) is 0 Å². The van der Waals surface area contributed by atoms with Gasteiger partial charge in [-0.1, -0.05) is 24.0 Å². The number of carbonyl (C=O) groups is 1. The predicted molar refractivity (Wildman–Crippen MR) is 83.0 cm³/mol. The fourth-order valence-corrected chi connectivity index (χ4v) is 2.73. The maximum atomic E-state index is 12.6.